The van der Waals surface area contributed by atoms with E-state index in [9.17, 15) is 0 Å². The number of hydrogen-bond donors (Lipinski definition) is 0. The fourth-order valence-corrected chi connectivity index (χ4v) is 0.400. The molecule has 0 atom stereocenters. The summed E-state index contributed by atoms with van der Waals surface area (Å²) < 4.78 is 0. The van der Waals surface area contributed by atoms with Crippen molar-refractivity contribution in [1.82, 2.24) is 9.80 Å². The Morgan fingerprint density at radius 3 is 1.10 bits per heavy atom. The fourth-order valence-electron chi connectivity index (χ4n) is 0.400. The van der Waals surface area contributed by atoms with Crippen LogP contribution < -0.4 is 0 Å². The molecule has 0 rings (SSSR count). The van der Waals surface area contributed by atoms with Crippen LogP contribution in [-0.4, -0.2) is 51.1 Å². The molecule has 0 aliphatic rings. The average Bonchev–Trinajstić information content (AvgIpc) is 1.61. The first-order valence-electron chi connectivity index (χ1n) is 2.92. The Hall–Kier alpha value is 0.833. The summed E-state index contributed by atoms with van der Waals surface area (Å²) in [5.41, 5.74) is 0. The van der Waals surface area contributed by atoms with Crippen molar-refractivity contribution in [3.8, 4) is 0 Å². The van der Waals surface area contributed by atoms with Crippen molar-refractivity contribution >= 4 is 12.4 Å². The Balaban J connectivity index is -0.000000245. The van der Waals surface area contributed by atoms with Crippen LogP contribution in [0.2, 0.25) is 0 Å². The summed E-state index contributed by atoms with van der Waals surface area (Å²) in [6.45, 7) is 2.29. The second-order valence-corrected chi connectivity index (χ2v) is 2.61. The molecule has 10 heavy (non-hydrogen) atoms. The van der Waals surface area contributed by atoms with Crippen molar-refractivity contribution in [3.05, 3.63) is 0 Å². The van der Waals surface area contributed by atoms with Gasteiger partial charge in [0.25, 0.3) is 0 Å². The summed E-state index contributed by atoms with van der Waals surface area (Å²) in [5.74, 6) is 0. The van der Waals surface area contributed by atoms with Crippen molar-refractivity contribution in [1.29, 1.82) is 0 Å². The molecular formula is C6H17ClN2Zn. The topological polar surface area (TPSA) is 6.48 Å². The van der Waals surface area contributed by atoms with Crippen LogP contribution in [0.1, 0.15) is 0 Å². The molecule has 0 saturated heterocycles. The van der Waals surface area contributed by atoms with Gasteiger partial charge in [0.2, 0.25) is 0 Å². The third-order valence-electron chi connectivity index (χ3n) is 0.994. The molecule has 0 aromatic carbocycles. The molecule has 0 aliphatic heterocycles. The SMILES string of the molecule is CN(C)CCN(C)C.Cl.[Zn]. The molecule has 0 bridgehead atoms. The minimum absolute atomic E-state index is 0. The maximum atomic E-state index is 2.18. The molecule has 0 aromatic rings. The first kappa shape index (κ1) is 17.1. The Morgan fingerprint density at radius 1 is 0.800 bits per heavy atom. The summed E-state index contributed by atoms with van der Waals surface area (Å²) in [5, 5.41) is 0. The van der Waals surface area contributed by atoms with Crippen LogP contribution in [0.25, 0.3) is 0 Å². The number of hydrogen-bond acceptors (Lipinski definition) is 2. The molecule has 0 heterocycles. The molecule has 4 heteroatoms. The Kier molecular flexibility index (Phi) is 16.8. The van der Waals surface area contributed by atoms with E-state index in [4.69, 9.17) is 0 Å². The minimum atomic E-state index is 0. The van der Waals surface area contributed by atoms with Crippen molar-refractivity contribution in [2.45, 2.75) is 0 Å². The number of nitrogens with zero attached hydrogens (tertiary/aromatic N) is 2. The van der Waals surface area contributed by atoms with Gasteiger partial charge in [-0.15, -0.1) is 12.4 Å². The summed E-state index contributed by atoms with van der Waals surface area (Å²) in [7, 11) is 8.35. The molecule has 2 nitrogen and oxygen atoms in total. The molecule has 0 fully saturated rings. The molecular weight excluding hydrogens is 201 g/mol. The third-order valence-corrected chi connectivity index (χ3v) is 0.994. The van der Waals surface area contributed by atoms with Gasteiger partial charge in [-0.2, -0.15) is 0 Å². The van der Waals surface area contributed by atoms with E-state index >= 15 is 0 Å². The molecule has 0 N–H and O–H groups in total. The summed E-state index contributed by atoms with van der Waals surface area (Å²) in [4.78, 5) is 4.36. The molecule has 0 radical (unpaired) electrons. The first-order valence-corrected chi connectivity index (χ1v) is 2.92. The molecule has 0 amide bonds. The first-order chi connectivity index (χ1) is 3.63. The quantitative estimate of drug-likeness (QED) is 0.637. The van der Waals surface area contributed by atoms with Crippen LogP contribution in [0.15, 0.2) is 0 Å². The van der Waals surface area contributed by atoms with Gasteiger partial charge in [-0.3, -0.25) is 0 Å². The second kappa shape index (κ2) is 9.83. The van der Waals surface area contributed by atoms with E-state index in [0.29, 0.717) is 0 Å². The van der Waals surface area contributed by atoms with Gasteiger partial charge in [0.15, 0.2) is 0 Å². The zero-order valence-electron chi connectivity index (χ0n) is 7.42. The third kappa shape index (κ3) is 15.9. The molecule has 0 aliphatic carbocycles. The molecule has 0 aromatic heterocycles. The predicted molar refractivity (Wildman–Crippen MR) is 44.4 cm³/mol. The summed E-state index contributed by atoms with van der Waals surface area (Å²) in [6.07, 6.45) is 0. The molecule has 0 saturated carbocycles. The normalized spacial score (nSPS) is 9.00. The van der Waals surface area contributed by atoms with Crippen molar-refractivity contribution in [2.75, 3.05) is 41.3 Å². The van der Waals surface area contributed by atoms with Gasteiger partial charge in [-0.1, -0.05) is 0 Å². The zero-order chi connectivity index (χ0) is 6.57. The van der Waals surface area contributed by atoms with Crippen molar-refractivity contribution in [2.24, 2.45) is 0 Å². The Morgan fingerprint density at radius 2 is 1.00 bits per heavy atom. The Bertz CT molecular complexity index is 51.7. The van der Waals surface area contributed by atoms with Crippen LogP contribution >= 0.6 is 12.4 Å². The van der Waals surface area contributed by atoms with Gasteiger partial charge in [0, 0.05) is 32.6 Å². The van der Waals surface area contributed by atoms with E-state index in [2.05, 4.69) is 38.0 Å². The number of halogens is 1. The maximum Gasteiger partial charge on any atom is 0.0103 e. The second-order valence-electron chi connectivity index (χ2n) is 2.61. The predicted octanol–water partition coefficient (Wildman–Crippen LogP) is 0.529. The molecule has 0 spiro atoms. The van der Waals surface area contributed by atoms with E-state index < -0.39 is 0 Å². The summed E-state index contributed by atoms with van der Waals surface area (Å²) in [6, 6.07) is 0. The van der Waals surface area contributed by atoms with Crippen LogP contribution in [0.4, 0.5) is 0 Å². The van der Waals surface area contributed by atoms with Crippen LogP contribution in [-0.2, 0) is 19.5 Å². The van der Waals surface area contributed by atoms with E-state index in [1.165, 1.54) is 0 Å². The van der Waals surface area contributed by atoms with Gasteiger partial charge in [0.05, 0.1) is 0 Å². The smallest absolute Gasteiger partial charge is 0.0103 e. The summed E-state index contributed by atoms with van der Waals surface area (Å²) >= 11 is 0. The average molecular weight is 218 g/mol. The van der Waals surface area contributed by atoms with Crippen LogP contribution in [0.3, 0.4) is 0 Å². The van der Waals surface area contributed by atoms with Crippen LogP contribution in [0.5, 0.6) is 0 Å². The van der Waals surface area contributed by atoms with Crippen LogP contribution in [0, 0.1) is 0 Å². The number of likely N-dealkylation sites (N-methyl/N-ethyl adjacent to an activating group) is 2. The van der Waals surface area contributed by atoms with Crippen molar-refractivity contribution in [3.63, 3.8) is 0 Å². The largest absolute Gasteiger partial charge is 0.308 e. The number of rotatable bonds is 3. The van der Waals surface area contributed by atoms with Gasteiger partial charge < -0.3 is 9.80 Å². The van der Waals surface area contributed by atoms with Gasteiger partial charge >= 0.3 is 0 Å². The molecule has 0 unspecified atom stereocenters. The monoisotopic (exact) mass is 216 g/mol. The fraction of sp³-hybridized carbons (Fsp3) is 1.00. The van der Waals surface area contributed by atoms with E-state index in [-0.39, 0.29) is 31.9 Å². The Labute approximate surface area is 83.1 Å². The standard InChI is InChI=1S/C6H16N2.ClH.Zn/c1-7(2)5-6-8(3)4;;/h5-6H2,1-4H3;1H;. The zero-order valence-corrected chi connectivity index (χ0v) is 11.2. The molecule has 60 valence electrons. The van der Waals surface area contributed by atoms with Gasteiger partial charge in [0.1, 0.15) is 0 Å². The van der Waals surface area contributed by atoms with E-state index in [1.807, 2.05) is 0 Å². The van der Waals surface area contributed by atoms with Gasteiger partial charge in [-0.05, 0) is 28.2 Å². The van der Waals surface area contributed by atoms with E-state index in [1.54, 1.807) is 0 Å². The van der Waals surface area contributed by atoms with Gasteiger partial charge in [-0.25, -0.2) is 0 Å². The maximum absolute atomic E-state index is 2.18. The van der Waals surface area contributed by atoms with E-state index in [0.717, 1.165) is 13.1 Å². The minimum Gasteiger partial charge on any atom is -0.308 e. The van der Waals surface area contributed by atoms with Crippen molar-refractivity contribution < 1.29 is 19.5 Å².